The van der Waals surface area contributed by atoms with Gasteiger partial charge in [0.25, 0.3) is 0 Å². The highest BCUT2D eigenvalue weighted by Crippen LogP contribution is 2.40. The van der Waals surface area contributed by atoms with Crippen LogP contribution >= 0.6 is 0 Å². The number of hydrogen-bond acceptors (Lipinski definition) is 2. The molecule has 2 rings (SSSR count). The monoisotopic (exact) mass is 248 g/mol. The molecule has 100 valence electrons. The molecule has 0 unspecified atom stereocenters. The first-order valence-electron chi connectivity index (χ1n) is 6.91. The molecule has 1 amide bonds. The van der Waals surface area contributed by atoms with Crippen LogP contribution in [0.25, 0.3) is 0 Å². The van der Waals surface area contributed by atoms with Gasteiger partial charge in [0.05, 0.1) is 6.04 Å². The minimum absolute atomic E-state index is 0.0718. The van der Waals surface area contributed by atoms with E-state index < -0.39 is 0 Å². The molecule has 3 nitrogen and oxygen atoms in total. The molecule has 4 atom stereocenters. The Bertz CT molecular complexity index is 411. The summed E-state index contributed by atoms with van der Waals surface area (Å²) in [6.07, 6.45) is 4.46. The van der Waals surface area contributed by atoms with Crippen molar-refractivity contribution in [3.63, 3.8) is 0 Å². The van der Waals surface area contributed by atoms with Crippen LogP contribution in [0.5, 0.6) is 0 Å². The van der Waals surface area contributed by atoms with Crippen molar-refractivity contribution in [2.24, 2.45) is 22.9 Å². The van der Waals surface area contributed by atoms with Crippen LogP contribution in [0.2, 0.25) is 0 Å². The molecule has 0 bridgehead atoms. The number of hydrazone groups is 1. The molecule has 0 fully saturated rings. The van der Waals surface area contributed by atoms with Crippen molar-refractivity contribution in [3.05, 3.63) is 11.6 Å². The Morgan fingerprint density at radius 1 is 1.33 bits per heavy atom. The number of nitrogens with zero attached hydrogens (tertiary/aromatic N) is 2. The molecule has 0 saturated heterocycles. The van der Waals surface area contributed by atoms with Crippen LogP contribution in [-0.4, -0.2) is 22.7 Å². The standard InChI is InChI=1S/C15H24N2O/c1-9-6-10(2)15(11(3)7-9)14-8-12(4)16-17(14)13(5)18/h6,10-11,14-15H,7-8H2,1-5H3/t10-,11-,14-,15-/m0/s1. The van der Waals surface area contributed by atoms with Gasteiger partial charge in [-0.2, -0.15) is 5.10 Å². The maximum absolute atomic E-state index is 11.7. The second-order valence-corrected chi connectivity index (χ2v) is 6.10. The lowest BCUT2D eigenvalue weighted by atomic mass is 9.70. The lowest BCUT2D eigenvalue weighted by Crippen LogP contribution is -2.43. The van der Waals surface area contributed by atoms with E-state index in [0.29, 0.717) is 17.8 Å². The van der Waals surface area contributed by atoms with Gasteiger partial charge in [0.15, 0.2) is 0 Å². The fourth-order valence-electron chi connectivity index (χ4n) is 3.81. The van der Waals surface area contributed by atoms with Crippen LogP contribution in [0, 0.1) is 17.8 Å². The fourth-order valence-corrected chi connectivity index (χ4v) is 3.81. The molecule has 0 aromatic carbocycles. The van der Waals surface area contributed by atoms with E-state index in [1.807, 2.05) is 6.92 Å². The predicted octanol–water partition coefficient (Wildman–Crippen LogP) is 3.22. The van der Waals surface area contributed by atoms with Crippen molar-refractivity contribution in [1.29, 1.82) is 0 Å². The highest BCUT2D eigenvalue weighted by Gasteiger charge is 2.40. The van der Waals surface area contributed by atoms with E-state index in [0.717, 1.165) is 18.6 Å². The maximum atomic E-state index is 11.7. The van der Waals surface area contributed by atoms with E-state index >= 15 is 0 Å². The minimum atomic E-state index is 0.0718. The van der Waals surface area contributed by atoms with E-state index in [2.05, 4.69) is 31.9 Å². The summed E-state index contributed by atoms with van der Waals surface area (Å²) in [7, 11) is 0. The number of carbonyl (C=O) groups excluding carboxylic acids is 1. The van der Waals surface area contributed by atoms with E-state index in [9.17, 15) is 4.79 Å². The molecule has 1 aliphatic carbocycles. The van der Waals surface area contributed by atoms with Gasteiger partial charge >= 0.3 is 0 Å². The molecule has 0 saturated carbocycles. The van der Waals surface area contributed by atoms with E-state index in [1.54, 1.807) is 11.9 Å². The normalized spacial score (nSPS) is 36.4. The molecule has 3 heteroatoms. The first-order chi connectivity index (χ1) is 8.40. The van der Waals surface area contributed by atoms with Crippen LogP contribution in [0.3, 0.4) is 0 Å². The highest BCUT2D eigenvalue weighted by atomic mass is 16.2. The highest BCUT2D eigenvalue weighted by molar-refractivity contribution is 5.87. The predicted molar refractivity (Wildman–Crippen MR) is 74.2 cm³/mol. The van der Waals surface area contributed by atoms with Crippen LogP contribution in [0.1, 0.15) is 47.5 Å². The van der Waals surface area contributed by atoms with Crippen molar-refractivity contribution in [1.82, 2.24) is 5.01 Å². The number of amides is 1. The summed E-state index contributed by atoms with van der Waals surface area (Å²) in [6.45, 7) is 10.4. The second kappa shape index (κ2) is 4.87. The Labute approximate surface area is 110 Å². The van der Waals surface area contributed by atoms with Gasteiger partial charge in [-0.05, 0) is 38.0 Å². The molecule has 18 heavy (non-hydrogen) atoms. The Hall–Kier alpha value is -1.12. The Morgan fingerprint density at radius 2 is 2.00 bits per heavy atom. The Balaban J connectivity index is 2.24. The number of hydrogen-bond donors (Lipinski definition) is 0. The molecule has 0 spiro atoms. The van der Waals surface area contributed by atoms with Crippen molar-refractivity contribution in [2.45, 2.75) is 53.5 Å². The fraction of sp³-hybridized carbons (Fsp3) is 0.733. The second-order valence-electron chi connectivity index (χ2n) is 6.10. The van der Waals surface area contributed by atoms with Crippen LogP contribution < -0.4 is 0 Å². The minimum Gasteiger partial charge on any atom is -0.273 e. The summed E-state index contributed by atoms with van der Waals surface area (Å²) in [5.41, 5.74) is 2.57. The van der Waals surface area contributed by atoms with Crippen LogP contribution in [-0.2, 0) is 4.79 Å². The summed E-state index contributed by atoms with van der Waals surface area (Å²) in [6, 6.07) is 0.261. The average Bonchev–Trinajstić information content (AvgIpc) is 2.58. The molecule has 0 N–H and O–H groups in total. The topological polar surface area (TPSA) is 32.7 Å². The molecule has 0 aromatic heterocycles. The van der Waals surface area contributed by atoms with Crippen LogP contribution in [0.15, 0.2) is 16.8 Å². The molecule has 0 aromatic rings. The summed E-state index contributed by atoms with van der Waals surface area (Å²) in [5.74, 6) is 1.75. The van der Waals surface area contributed by atoms with Gasteiger partial charge in [-0.15, -0.1) is 0 Å². The summed E-state index contributed by atoms with van der Waals surface area (Å²) in [4.78, 5) is 11.7. The van der Waals surface area contributed by atoms with Gasteiger partial charge in [0.1, 0.15) is 0 Å². The quantitative estimate of drug-likeness (QED) is 0.656. The summed E-state index contributed by atoms with van der Waals surface area (Å²) in [5, 5.41) is 6.14. The molecule has 2 aliphatic rings. The molecular formula is C15H24N2O. The molecule has 1 heterocycles. The number of carbonyl (C=O) groups is 1. The first-order valence-corrected chi connectivity index (χ1v) is 6.91. The van der Waals surface area contributed by atoms with E-state index in [4.69, 9.17) is 0 Å². The maximum Gasteiger partial charge on any atom is 0.239 e. The van der Waals surface area contributed by atoms with Gasteiger partial charge in [-0.1, -0.05) is 25.5 Å². The molecule has 0 radical (unpaired) electrons. The van der Waals surface area contributed by atoms with Gasteiger partial charge < -0.3 is 0 Å². The van der Waals surface area contributed by atoms with E-state index in [1.165, 1.54) is 5.57 Å². The molecule has 1 aliphatic heterocycles. The van der Waals surface area contributed by atoms with Crippen LogP contribution in [0.4, 0.5) is 0 Å². The summed E-state index contributed by atoms with van der Waals surface area (Å²) < 4.78 is 0. The van der Waals surface area contributed by atoms with E-state index in [-0.39, 0.29) is 11.9 Å². The number of rotatable bonds is 1. The third kappa shape index (κ3) is 2.36. The van der Waals surface area contributed by atoms with Gasteiger partial charge in [-0.3, -0.25) is 4.79 Å². The van der Waals surface area contributed by atoms with Crippen molar-refractivity contribution < 1.29 is 4.79 Å². The van der Waals surface area contributed by atoms with Gasteiger partial charge in [0.2, 0.25) is 5.91 Å². The van der Waals surface area contributed by atoms with Crippen molar-refractivity contribution in [2.75, 3.05) is 0 Å². The zero-order valence-electron chi connectivity index (χ0n) is 12.1. The van der Waals surface area contributed by atoms with Crippen molar-refractivity contribution in [3.8, 4) is 0 Å². The number of allylic oxidation sites excluding steroid dienone is 2. The smallest absolute Gasteiger partial charge is 0.239 e. The Kier molecular flexibility index (Phi) is 3.60. The third-order valence-electron chi connectivity index (χ3n) is 4.32. The lowest BCUT2D eigenvalue weighted by Gasteiger charge is -2.39. The zero-order valence-corrected chi connectivity index (χ0v) is 12.1. The lowest BCUT2D eigenvalue weighted by molar-refractivity contribution is -0.132. The van der Waals surface area contributed by atoms with Gasteiger partial charge in [-0.25, -0.2) is 5.01 Å². The SMILES string of the molecule is CC(=O)N1N=C(C)C[C@H]1[C@H]1[C@@H](C)C=C(C)C[C@@H]1C. The Morgan fingerprint density at radius 3 is 2.56 bits per heavy atom. The third-order valence-corrected chi connectivity index (χ3v) is 4.32. The first kappa shape index (κ1) is 13.3. The van der Waals surface area contributed by atoms with Crippen molar-refractivity contribution >= 4 is 11.6 Å². The van der Waals surface area contributed by atoms with Gasteiger partial charge in [0, 0.05) is 19.1 Å². The molecular weight excluding hydrogens is 224 g/mol. The largest absolute Gasteiger partial charge is 0.273 e. The average molecular weight is 248 g/mol. The summed E-state index contributed by atoms with van der Waals surface area (Å²) >= 11 is 0. The zero-order chi connectivity index (χ0) is 13.4.